The summed E-state index contributed by atoms with van der Waals surface area (Å²) < 4.78 is 58.8. The van der Waals surface area contributed by atoms with Crippen LogP contribution in [0.2, 0.25) is 0 Å². The van der Waals surface area contributed by atoms with Gasteiger partial charge in [-0.1, -0.05) is 6.42 Å². The Kier molecular flexibility index (Phi) is 7.32. The highest BCUT2D eigenvalue weighted by molar-refractivity contribution is 8.00. The molecule has 0 bridgehead atoms. The molecule has 3 rings (SSSR count). The Hall–Kier alpha value is -2.17. The van der Waals surface area contributed by atoms with E-state index in [1.165, 1.54) is 35.7 Å². The fraction of sp³-hybridized carbons (Fsp3) is 0.350. The van der Waals surface area contributed by atoms with Gasteiger partial charge in [-0.25, -0.2) is 17.2 Å². The first-order valence-electron chi connectivity index (χ1n) is 9.37. The zero-order chi connectivity index (χ0) is 21.7. The van der Waals surface area contributed by atoms with Gasteiger partial charge in [0.2, 0.25) is 15.9 Å². The lowest BCUT2D eigenvalue weighted by atomic mass is 10.2. The van der Waals surface area contributed by atoms with Crippen molar-refractivity contribution in [2.75, 3.05) is 31.3 Å². The third kappa shape index (κ3) is 5.30. The maximum Gasteiger partial charge on any atom is 0.243 e. The van der Waals surface area contributed by atoms with Crippen LogP contribution in [-0.2, 0) is 14.8 Å². The lowest BCUT2D eigenvalue weighted by Gasteiger charge is -2.26. The van der Waals surface area contributed by atoms with Crippen LogP contribution >= 0.6 is 11.8 Å². The normalized spacial score (nSPS) is 15.0. The highest BCUT2D eigenvalue weighted by Gasteiger charge is 2.27. The van der Waals surface area contributed by atoms with Gasteiger partial charge in [0.25, 0.3) is 0 Å². The van der Waals surface area contributed by atoms with E-state index in [9.17, 15) is 22.0 Å². The molecule has 1 heterocycles. The number of ether oxygens (including phenoxy) is 1. The number of methoxy groups -OCH3 is 1. The van der Waals surface area contributed by atoms with Crippen molar-refractivity contribution in [2.45, 2.75) is 29.1 Å². The first-order chi connectivity index (χ1) is 14.3. The Morgan fingerprint density at radius 1 is 1.10 bits per heavy atom. The standard InChI is InChI=1S/C20H22F2N2O4S2/c1-28-19-8-6-15(30(26,27)24-9-3-2-4-10-24)12-18(19)23-20(25)13-29-14-5-7-16(21)17(22)11-14/h5-8,11-12H,2-4,9-10,13H2,1H3,(H,23,25). The molecule has 162 valence electrons. The molecule has 0 aromatic heterocycles. The highest BCUT2D eigenvalue weighted by atomic mass is 32.2. The summed E-state index contributed by atoms with van der Waals surface area (Å²) in [5, 5.41) is 2.64. The van der Waals surface area contributed by atoms with Crippen LogP contribution in [0, 0.1) is 11.6 Å². The number of piperidine rings is 1. The zero-order valence-corrected chi connectivity index (χ0v) is 18.0. The van der Waals surface area contributed by atoms with Crippen LogP contribution in [0.25, 0.3) is 0 Å². The minimum Gasteiger partial charge on any atom is -0.495 e. The van der Waals surface area contributed by atoms with Gasteiger partial charge in [-0.3, -0.25) is 4.79 Å². The molecule has 1 amide bonds. The summed E-state index contributed by atoms with van der Waals surface area (Å²) in [7, 11) is -2.25. The number of halogens is 2. The van der Waals surface area contributed by atoms with Crippen LogP contribution < -0.4 is 10.1 Å². The summed E-state index contributed by atoms with van der Waals surface area (Å²) in [6, 6.07) is 7.71. The summed E-state index contributed by atoms with van der Waals surface area (Å²) in [6.45, 7) is 0.946. The summed E-state index contributed by atoms with van der Waals surface area (Å²) in [4.78, 5) is 12.8. The van der Waals surface area contributed by atoms with Crippen LogP contribution in [-0.4, -0.2) is 44.6 Å². The van der Waals surface area contributed by atoms with Crippen molar-refractivity contribution in [2.24, 2.45) is 0 Å². The van der Waals surface area contributed by atoms with E-state index in [1.54, 1.807) is 0 Å². The van der Waals surface area contributed by atoms with E-state index in [4.69, 9.17) is 4.74 Å². The van der Waals surface area contributed by atoms with Gasteiger partial charge in [0.15, 0.2) is 11.6 Å². The van der Waals surface area contributed by atoms with Crippen molar-refractivity contribution in [3.63, 3.8) is 0 Å². The van der Waals surface area contributed by atoms with Gasteiger partial charge in [-0.15, -0.1) is 11.8 Å². The van der Waals surface area contributed by atoms with Crippen LogP contribution in [0.5, 0.6) is 5.75 Å². The van der Waals surface area contributed by atoms with E-state index in [0.29, 0.717) is 23.7 Å². The van der Waals surface area contributed by atoms with E-state index in [0.717, 1.165) is 43.2 Å². The number of anilines is 1. The Labute approximate surface area is 178 Å². The van der Waals surface area contributed by atoms with Gasteiger partial charge >= 0.3 is 0 Å². The van der Waals surface area contributed by atoms with E-state index >= 15 is 0 Å². The summed E-state index contributed by atoms with van der Waals surface area (Å²) in [5.74, 6) is -2.13. The average Bonchev–Trinajstić information content (AvgIpc) is 2.75. The third-order valence-corrected chi connectivity index (χ3v) is 7.55. The molecule has 2 aromatic rings. The third-order valence-electron chi connectivity index (χ3n) is 4.66. The van der Waals surface area contributed by atoms with Crippen LogP contribution in [0.4, 0.5) is 14.5 Å². The number of hydrogen-bond acceptors (Lipinski definition) is 5. The Balaban J connectivity index is 1.73. The van der Waals surface area contributed by atoms with Gasteiger partial charge in [0, 0.05) is 18.0 Å². The van der Waals surface area contributed by atoms with Crippen molar-refractivity contribution < 1.29 is 26.7 Å². The average molecular weight is 457 g/mol. The fourth-order valence-electron chi connectivity index (χ4n) is 3.10. The molecule has 1 aliphatic heterocycles. The van der Waals surface area contributed by atoms with E-state index in [2.05, 4.69) is 5.32 Å². The predicted octanol–water partition coefficient (Wildman–Crippen LogP) is 3.88. The fourth-order valence-corrected chi connectivity index (χ4v) is 5.37. The van der Waals surface area contributed by atoms with Crippen LogP contribution in [0.1, 0.15) is 19.3 Å². The molecule has 10 heteroatoms. The highest BCUT2D eigenvalue weighted by Crippen LogP contribution is 2.30. The summed E-state index contributed by atoms with van der Waals surface area (Å²) in [6.07, 6.45) is 2.64. The maximum atomic E-state index is 13.3. The molecular weight excluding hydrogens is 434 g/mol. The number of benzene rings is 2. The van der Waals surface area contributed by atoms with E-state index in [1.807, 2.05) is 0 Å². The van der Waals surface area contributed by atoms with Crippen molar-refractivity contribution in [1.29, 1.82) is 0 Å². The van der Waals surface area contributed by atoms with Crippen molar-refractivity contribution in [1.82, 2.24) is 4.31 Å². The molecule has 0 aliphatic carbocycles. The van der Waals surface area contributed by atoms with Gasteiger partial charge in [0.05, 0.1) is 23.4 Å². The first-order valence-corrected chi connectivity index (χ1v) is 11.8. The van der Waals surface area contributed by atoms with Crippen LogP contribution in [0.15, 0.2) is 46.2 Å². The first kappa shape index (κ1) is 22.5. The molecule has 0 atom stereocenters. The molecule has 0 spiro atoms. The second kappa shape index (κ2) is 9.76. The molecule has 2 aromatic carbocycles. The molecule has 1 N–H and O–H groups in total. The molecule has 1 saturated heterocycles. The maximum absolute atomic E-state index is 13.3. The quantitative estimate of drug-likeness (QED) is 0.640. The summed E-state index contributed by atoms with van der Waals surface area (Å²) >= 11 is 1.03. The van der Waals surface area contributed by atoms with Crippen molar-refractivity contribution in [3.8, 4) is 5.75 Å². The molecule has 1 fully saturated rings. The molecule has 1 aliphatic rings. The lowest BCUT2D eigenvalue weighted by Crippen LogP contribution is -2.35. The number of carbonyl (C=O) groups excluding carboxylic acids is 1. The number of nitrogens with one attached hydrogen (secondary N) is 1. The molecule has 0 saturated carbocycles. The number of nitrogens with zero attached hydrogens (tertiary/aromatic N) is 1. The smallest absolute Gasteiger partial charge is 0.243 e. The second-order valence-electron chi connectivity index (χ2n) is 6.74. The molecular formula is C20H22F2N2O4S2. The number of rotatable bonds is 7. The number of hydrogen-bond donors (Lipinski definition) is 1. The lowest BCUT2D eigenvalue weighted by molar-refractivity contribution is -0.113. The SMILES string of the molecule is COc1ccc(S(=O)(=O)N2CCCCC2)cc1NC(=O)CSc1ccc(F)c(F)c1. The van der Waals surface area contributed by atoms with Gasteiger partial charge in [0.1, 0.15) is 5.75 Å². The van der Waals surface area contributed by atoms with E-state index in [-0.39, 0.29) is 16.3 Å². The van der Waals surface area contributed by atoms with Gasteiger partial charge < -0.3 is 10.1 Å². The second-order valence-corrected chi connectivity index (χ2v) is 9.73. The minimum atomic E-state index is -3.67. The Bertz CT molecular complexity index is 1030. The Morgan fingerprint density at radius 3 is 2.50 bits per heavy atom. The molecule has 6 nitrogen and oxygen atoms in total. The molecule has 0 unspecified atom stereocenters. The van der Waals surface area contributed by atoms with Crippen molar-refractivity contribution >= 4 is 33.4 Å². The predicted molar refractivity (Wildman–Crippen MR) is 111 cm³/mol. The van der Waals surface area contributed by atoms with Crippen LogP contribution in [0.3, 0.4) is 0 Å². The van der Waals surface area contributed by atoms with Crippen molar-refractivity contribution in [3.05, 3.63) is 48.0 Å². The zero-order valence-electron chi connectivity index (χ0n) is 16.4. The Morgan fingerprint density at radius 2 is 1.83 bits per heavy atom. The van der Waals surface area contributed by atoms with E-state index < -0.39 is 27.6 Å². The number of carbonyl (C=O) groups is 1. The monoisotopic (exact) mass is 456 g/mol. The number of thioether (sulfide) groups is 1. The van der Waals surface area contributed by atoms with Gasteiger partial charge in [-0.05, 0) is 49.2 Å². The largest absolute Gasteiger partial charge is 0.495 e. The molecule has 0 radical (unpaired) electrons. The van der Waals surface area contributed by atoms with Gasteiger partial charge in [-0.2, -0.15) is 4.31 Å². The number of sulfonamides is 1. The minimum absolute atomic E-state index is 0.0721. The summed E-state index contributed by atoms with van der Waals surface area (Å²) in [5.41, 5.74) is 0.228. The number of amides is 1. The topological polar surface area (TPSA) is 75.7 Å². The molecule has 30 heavy (non-hydrogen) atoms.